The van der Waals surface area contributed by atoms with Crippen molar-refractivity contribution in [2.45, 2.75) is 18.8 Å². The number of alkyl halides is 4. The van der Waals surface area contributed by atoms with E-state index in [9.17, 15) is 22.4 Å². The molecule has 0 bridgehead atoms. The molecule has 2 aromatic carbocycles. The molecule has 0 aliphatic heterocycles. The van der Waals surface area contributed by atoms with Crippen molar-refractivity contribution >= 4 is 29.1 Å². The van der Waals surface area contributed by atoms with Gasteiger partial charge in [0.05, 0.1) is 17.7 Å². The Hall–Kier alpha value is -1.79. The summed E-state index contributed by atoms with van der Waals surface area (Å²) in [4.78, 5) is 12.1. The maximum Gasteiger partial charge on any atom is 0.417 e. The SMILES string of the molecule is C[C@](F)(CNC(=O)c1ccccc1C(F)(F)F)c1ccc(Cl)cc1Cl. The number of hydrogen-bond acceptors (Lipinski definition) is 1. The minimum atomic E-state index is -4.69. The number of hydrogen-bond donors (Lipinski definition) is 1. The molecular weight excluding hydrogens is 381 g/mol. The molecule has 0 aromatic heterocycles. The van der Waals surface area contributed by atoms with Crippen LogP contribution in [0, 0.1) is 0 Å². The molecule has 0 aliphatic rings. The van der Waals surface area contributed by atoms with E-state index in [0.29, 0.717) is 5.02 Å². The lowest BCUT2D eigenvalue weighted by Gasteiger charge is -2.23. The fraction of sp³-hybridized carbons (Fsp3) is 0.235. The molecule has 1 amide bonds. The van der Waals surface area contributed by atoms with Crippen LogP contribution in [0.2, 0.25) is 10.0 Å². The van der Waals surface area contributed by atoms with Crippen LogP contribution in [-0.4, -0.2) is 12.5 Å². The first kappa shape index (κ1) is 19.5. The van der Waals surface area contributed by atoms with Crippen LogP contribution in [0.1, 0.15) is 28.4 Å². The van der Waals surface area contributed by atoms with Gasteiger partial charge in [0, 0.05) is 15.6 Å². The van der Waals surface area contributed by atoms with Gasteiger partial charge in [0.25, 0.3) is 5.91 Å². The smallest absolute Gasteiger partial charge is 0.348 e. The zero-order valence-electron chi connectivity index (χ0n) is 12.9. The van der Waals surface area contributed by atoms with Gasteiger partial charge in [-0.1, -0.05) is 41.4 Å². The predicted molar refractivity (Wildman–Crippen MR) is 88.7 cm³/mol. The van der Waals surface area contributed by atoms with Gasteiger partial charge >= 0.3 is 6.18 Å². The summed E-state index contributed by atoms with van der Waals surface area (Å²) in [5, 5.41) is 2.56. The van der Waals surface area contributed by atoms with Crippen molar-refractivity contribution in [1.82, 2.24) is 5.32 Å². The predicted octanol–water partition coefficient (Wildman–Crippen LogP) is 5.63. The average molecular weight is 394 g/mol. The molecule has 0 aliphatic carbocycles. The minimum absolute atomic E-state index is 0.0578. The van der Waals surface area contributed by atoms with Gasteiger partial charge in [0.15, 0.2) is 5.67 Å². The van der Waals surface area contributed by atoms with Gasteiger partial charge in [-0.2, -0.15) is 13.2 Å². The van der Waals surface area contributed by atoms with Crippen molar-refractivity contribution in [2.24, 2.45) is 0 Å². The Kier molecular flexibility index (Phi) is 5.64. The first-order valence-corrected chi connectivity index (χ1v) is 7.87. The van der Waals surface area contributed by atoms with Crippen molar-refractivity contribution in [3.05, 3.63) is 69.2 Å². The fourth-order valence-corrected chi connectivity index (χ4v) is 2.88. The normalized spacial score (nSPS) is 14.0. The Morgan fingerprint density at radius 1 is 1.04 bits per heavy atom. The average Bonchev–Trinajstić information content (AvgIpc) is 2.51. The highest BCUT2D eigenvalue weighted by molar-refractivity contribution is 6.35. The Bertz CT molecular complexity index is 790. The van der Waals surface area contributed by atoms with E-state index in [2.05, 4.69) is 5.32 Å². The van der Waals surface area contributed by atoms with Gasteiger partial charge in [-0.15, -0.1) is 0 Å². The van der Waals surface area contributed by atoms with E-state index in [0.717, 1.165) is 19.1 Å². The maximum atomic E-state index is 14.9. The summed E-state index contributed by atoms with van der Waals surface area (Å²) in [6, 6.07) is 8.43. The molecule has 0 fully saturated rings. The quantitative estimate of drug-likeness (QED) is 0.670. The van der Waals surface area contributed by atoms with Gasteiger partial charge in [-0.3, -0.25) is 4.79 Å². The summed E-state index contributed by atoms with van der Waals surface area (Å²) in [5.74, 6) is -1.03. The number of carbonyl (C=O) groups excluding carboxylic acids is 1. The maximum absolute atomic E-state index is 14.9. The second-order valence-electron chi connectivity index (χ2n) is 5.55. The van der Waals surface area contributed by atoms with Crippen molar-refractivity contribution in [3.63, 3.8) is 0 Å². The third-order valence-corrected chi connectivity index (χ3v) is 4.10. The molecule has 25 heavy (non-hydrogen) atoms. The lowest BCUT2D eigenvalue weighted by atomic mass is 9.97. The van der Waals surface area contributed by atoms with Gasteiger partial charge in [-0.25, -0.2) is 4.39 Å². The molecule has 0 radical (unpaired) electrons. The number of carbonyl (C=O) groups is 1. The summed E-state index contributed by atoms with van der Waals surface area (Å²) < 4.78 is 53.7. The summed E-state index contributed by atoms with van der Waals surface area (Å²) in [7, 11) is 0. The van der Waals surface area contributed by atoms with Crippen molar-refractivity contribution in [1.29, 1.82) is 0 Å². The lowest BCUT2D eigenvalue weighted by molar-refractivity contribution is -0.137. The number of benzene rings is 2. The van der Waals surface area contributed by atoms with E-state index in [-0.39, 0.29) is 10.6 Å². The standard InChI is InChI=1S/C17H13Cl2F4NO/c1-16(20,13-7-6-10(18)8-14(13)19)9-24-15(25)11-4-2-3-5-12(11)17(21,22)23/h2-8H,9H2,1H3,(H,24,25)/t16-/m0/s1. The minimum Gasteiger partial charge on any atom is -0.348 e. The summed E-state index contributed by atoms with van der Waals surface area (Å²) in [6.07, 6.45) is -4.69. The molecule has 0 saturated heterocycles. The highest BCUT2D eigenvalue weighted by Gasteiger charge is 2.35. The zero-order valence-corrected chi connectivity index (χ0v) is 14.4. The third-order valence-electron chi connectivity index (χ3n) is 3.55. The molecule has 2 rings (SSSR count). The molecule has 1 atom stereocenters. The fourth-order valence-electron chi connectivity index (χ4n) is 2.28. The van der Waals surface area contributed by atoms with E-state index in [1.165, 1.54) is 30.3 Å². The van der Waals surface area contributed by atoms with Gasteiger partial charge in [-0.05, 0) is 31.2 Å². The van der Waals surface area contributed by atoms with Crippen LogP contribution >= 0.6 is 23.2 Å². The lowest BCUT2D eigenvalue weighted by Crippen LogP contribution is -2.36. The summed E-state index contributed by atoms with van der Waals surface area (Å²) in [5.41, 5.74) is -3.68. The largest absolute Gasteiger partial charge is 0.417 e. The van der Waals surface area contributed by atoms with Crippen molar-refractivity contribution < 1.29 is 22.4 Å². The molecule has 0 heterocycles. The van der Waals surface area contributed by atoms with Crippen LogP contribution < -0.4 is 5.32 Å². The van der Waals surface area contributed by atoms with Crippen molar-refractivity contribution in [2.75, 3.05) is 6.54 Å². The van der Waals surface area contributed by atoms with Crippen LogP contribution in [0.15, 0.2) is 42.5 Å². The topological polar surface area (TPSA) is 29.1 Å². The number of halogens is 6. The Morgan fingerprint density at radius 2 is 1.68 bits per heavy atom. The highest BCUT2D eigenvalue weighted by Crippen LogP contribution is 2.34. The van der Waals surface area contributed by atoms with Crippen molar-refractivity contribution in [3.8, 4) is 0 Å². The highest BCUT2D eigenvalue weighted by atomic mass is 35.5. The van der Waals surface area contributed by atoms with Crippen LogP contribution in [-0.2, 0) is 11.8 Å². The first-order chi connectivity index (χ1) is 11.5. The third kappa shape index (κ3) is 4.64. The van der Waals surface area contributed by atoms with E-state index >= 15 is 0 Å². The molecule has 8 heteroatoms. The van der Waals surface area contributed by atoms with Crippen LogP contribution in [0.4, 0.5) is 17.6 Å². The van der Waals surface area contributed by atoms with Gasteiger partial charge in [0.1, 0.15) is 0 Å². The Labute approximate surface area is 151 Å². The molecule has 1 N–H and O–H groups in total. The number of rotatable bonds is 4. The van der Waals surface area contributed by atoms with E-state index in [1.54, 1.807) is 0 Å². The van der Waals surface area contributed by atoms with Gasteiger partial charge < -0.3 is 5.32 Å². The molecule has 2 aromatic rings. The molecule has 0 saturated carbocycles. The molecule has 0 spiro atoms. The monoisotopic (exact) mass is 393 g/mol. The van der Waals surface area contributed by atoms with Crippen LogP contribution in [0.3, 0.4) is 0 Å². The Balaban J connectivity index is 2.20. The number of nitrogens with one attached hydrogen (secondary N) is 1. The molecular formula is C17H13Cl2F4NO. The summed E-state index contributed by atoms with van der Waals surface area (Å²) >= 11 is 11.7. The second kappa shape index (κ2) is 7.22. The van der Waals surface area contributed by atoms with E-state index in [1.807, 2.05) is 0 Å². The summed E-state index contributed by atoms with van der Waals surface area (Å²) in [6.45, 7) is 0.609. The zero-order chi connectivity index (χ0) is 18.8. The van der Waals surface area contributed by atoms with Crippen LogP contribution in [0.25, 0.3) is 0 Å². The molecule has 134 valence electrons. The Morgan fingerprint density at radius 3 is 2.28 bits per heavy atom. The van der Waals surface area contributed by atoms with E-state index < -0.39 is 35.4 Å². The molecule has 2 nitrogen and oxygen atoms in total. The second-order valence-corrected chi connectivity index (χ2v) is 6.39. The van der Waals surface area contributed by atoms with E-state index in [4.69, 9.17) is 23.2 Å². The molecule has 0 unspecified atom stereocenters. The van der Waals surface area contributed by atoms with Crippen LogP contribution in [0.5, 0.6) is 0 Å². The van der Waals surface area contributed by atoms with Gasteiger partial charge in [0.2, 0.25) is 0 Å². The number of amides is 1. The first-order valence-electron chi connectivity index (χ1n) is 7.11.